The van der Waals surface area contributed by atoms with Crippen molar-refractivity contribution in [2.45, 2.75) is 18.4 Å². The zero-order valence-electron chi connectivity index (χ0n) is 6.45. The highest BCUT2D eigenvalue weighted by Gasteiger charge is 2.46. The molecule has 1 saturated heterocycles. The first-order valence-corrected chi connectivity index (χ1v) is 3.54. The molecule has 1 heterocycles. The summed E-state index contributed by atoms with van der Waals surface area (Å²) in [6.45, 7) is -0.945. The van der Waals surface area contributed by atoms with Gasteiger partial charge in [-0.3, -0.25) is 4.79 Å². The Morgan fingerprint density at radius 3 is 1.92 bits per heavy atom. The van der Waals surface area contributed by atoms with Crippen LogP contribution in [0.5, 0.6) is 0 Å². The standard InChI is InChI=1S/C6H8F3NO3/c7-6(8,9)5(13)10-1-3(11)4(12)2-10/h3-4,11-12H,1-2H2. The maximum absolute atomic E-state index is 11.8. The molecule has 13 heavy (non-hydrogen) atoms. The second-order valence-electron chi connectivity index (χ2n) is 2.84. The Morgan fingerprint density at radius 1 is 1.23 bits per heavy atom. The number of nitrogens with zero attached hydrogens (tertiary/aromatic N) is 1. The van der Waals surface area contributed by atoms with Gasteiger partial charge in [-0.2, -0.15) is 13.2 Å². The minimum atomic E-state index is -4.94. The molecule has 1 aliphatic rings. The number of rotatable bonds is 0. The Kier molecular flexibility index (Phi) is 2.49. The highest BCUT2D eigenvalue weighted by Crippen LogP contribution is 2.21. The second kappa shape index (κ2) is 3.15. The van der Waals surface area contributed by atoms with Crippen LogP contribution in [0.3, 0.4) is 0 Å². The average Bonchev–Trinajstić information content (AvgIpc) is 2.29. The third-order valence-corrected chi connectivity index (χ3v) is 1.79. The van der Waals surface area contributed by atoms with Gasteiger partial charge in [-0.15, -0.1) is 0 Å². The molecule has 1 rings (SSSR count). The minimum Gasteiger partial charge on any atom is -0.388 e. The van der Waals surface area contributed by atoms with Gasteiger partial charge in [0, 0.05) is 13.1 Å². The lowest BCUT2D eigenvalue weighted by Gasteiger charge is -2.16. The molecule has 1 amide bonds. The van der Waals surface area contributed by atoms with E-state index in [1.165, 1.54) is 0 Å². The summed E-state index contributed by atoms with van der Waals surface area (Å²) < 4.78 is 35.4. The van der Waals surface area contributed by atoms with Gasteiger partial charge < -0.3 is 15.1 Å². The number of carbonyl (C=O) groups is 1. The van der Waals surface area contributed by atoms with Crippen LogP contribution in [-0.4, -0.2) is 52.5 Å². The number of hydrogen-bond donors (Lipinski definition) is 2. The topological polar surface area (TPSA) is 60.8 Å². The summed E-state index contributed by atoms with van der Waals surface area (Å²) in [6, 6.07) is 0. The molecular weight excluding hydrogens is 191 g/mol. The van der Waals surface area contributed by atoms with Crippen LogP contribution in [0.1, 0.15) is 0 Å². The summed E-state index contributed by atoms with van der Waals surface area (Å²) in [5.74, 6) is -2.02. The van der Waals surface area contributed by atoms with Gasteiger partial charge in [-0.1, -0.05) is 0 Å². The van der Waals surface area contributed by atoms with Crippen LogP contribution in [0.15, 0.2) is 0 Å². The number of hydrogen-bond acceptors (Lipinski definition) is 3. The summed E-state index contributed by atoms with van der Waals surface area (Å²) in [5, 5.41) is 17.7. The van der Waals surface area contributed by atoms with Gasteiger partial charge in [0.25, 0.3) is 0 Å². The van der Waals surface area contributed by atoms with Crippen LogP contribution in [-0.2, 0) is 4.79 Å². The molecule has 7 heteroatoms. The van der Waals surface area contributed by atoms with E-state index in [-0.39, 0.29) is 0 Å². The Balaban J connectivity index is 2.61. The molecule has 2 atom stereocenters. The van der Waals surface area contributed by atoms with Crippen LogP contribution >= 0.6 is 0 Å². The van der Waals surface area contributed by atoms with Crippen molar-refractivity contribution in [1.29, 1.82) is 0 Å². The molecule has 0 aliphatic carbocycles. The van der Waals surface area contributed by atoms with Gasteiger partial charge in [0.05, 0.1) is 12.2 Å². The monoisotopic (exact) mass is 199 g/mol. The SMILES string of the molecule is O=C(N1CC(O)C(O)C1)C(F)(F)F. The summed E-state index contributed by atoms with van der Waals surface area (Å²) in [6.07, 6.45) is -7.51. The van der Waals surface area contributed by atoms with Crippen molar-refractivity contribution in [3.63, 3.8) is 0 Å². The van der Waals surface area contributed by atoms with Crippen LogP contribution in [0.2, 0.25) is 0 Å². The number of likely N-dealkylation sites (tertiary alicyclic amines) is 1. The van der Waals surface area contributed by atoms with E-state index in [2.05, 4.69) is 0 Å². The van der Waals surface area contributed by atoms with Gasteiger partial charge in [0.2, 0.25) is 0 Å². The predicted octanol–water partition coefficient (Wildman–Crippen LogP) is -0.887. The maximum Gasteiger partial charge on any atom is 0.471 e. The van der Waals surface area contributed by atoms with Crippen molar-refractivity contribution >= 4 is 5.91 Å². The van der Waals surface area contributed by atoms with Crippen molar-refractivity contribution in [2.75, 3.05) is 13.1 Å². The first-order chi connectivity index (χ1) is 5.82. The summed E-state index contributed by atoms with van der Waals surface area (Å²) in [5.41, 5.74) is 0. The lowest BCUT2D eigenvalue weighted by Crippen LogP contribution is -2.40. The number of halogens is 3. The lowest BCUT2D eigenvalue weighted by atomic mass is 10.3. The van der Waals surface area contributed by atoms with E-state index in [0.29, 0.717) is 4.90 Å². The third kappa shape index (κ3) is 2.10. The van der Waals surface area contributed by atoms with Crippen molar-refractivity contribution < 1.29 is 28.2 Å². The van der Waals surface area contributed by atoms with E-state index in [4.69, 9.17) is 10.2 Å². The molecule has 0 aromatic heterocycles. The van der Waals surface area contributed by atoms with Crippen molar-refractivity contribution in [1.82, 2.24) is 4.90 Å². The lowest BCUT2D eigenvalue weighted by molar-refractivity contribution is -0.184. The average molecular weight is 199 g/mol. The Morgan fingerprint density at radius 2 is 1.62 bits per heavy atom. The quantitative estimate of drug-likeness (QED) is 0.532. The zero-order valence-corrected chi connectivity index (χ0v) is 6.45. The van der Waals surface area contributed by atoms with E-state index < -0.39 is 37.4 Å². The highest BCUT2D eigenvalue weighted by atomic mass is 19.4. The van der Waals surface area contributed by atoms with E-state index in [1.54, 1.807) is 0 Å². The summed E-state index contributed by atoms with van der Waals surface area (Å²) >= 11 is 0. The van der Waals surface area contributed by atoms with Crippen molar-refractivity contribution in [3.05, 3.63) is 0 Å². The third-order valence-electron chi connectivity index (χ3n) is 1.79. The molecule has 0 spiro atoms. The fraction of sp³-hybridized carbons (Fsp3) is 0.833. The van der Waals surface area contributed by atoms with Crippen LogP contribution in [0, 0.1) is 0 Å². The summed E-state index contributed by atoms with van der Waals surface area (Å²) in [4.78, 5) is 10.9. The van der Waals surface area contributed by atoms with Crippen molar-refractivity contribution in [2.24, 2.45) is 0 Å². The maximum atomic E-state index is 11.8. The zero-order chi connectivity index (χ0) is 10.2. The second-order valence-corrected chi connectivity index (χ2v) is 2.84. The van der Waals surface area contributed by atoms with Gasteiger partial charge in [0.1, 0.15) is 0 Å². The first-order valence-electron chi connectivity index (χ1n) is 3.54. The van der Waals surface area contributed by atoms with Gasteiger partial charge >= 0.3 is 12.1 Å². The first kappa shape index (κ1) is 10.3. The smallest absolute Gasteiger partial charge is 0.388 e. The molecule has 76 valence electrons. The van der Waals surface area contributed by atoms with Crippen LogP contribution < -0.4 is 0 Å². The van der Waals surface area contributed by atoms with Gasteiger partial charge in [0.15, 0.2) is 0 Å². The minimum absolute atomic E-state index is 0.384. The Hall–Kier alpha value is -0.820. The van der Waals surface area contributed by atoms with Crippen LogP contribution in [0.4, 0.5) is 13.2 Å². The fourth-order valence-electron chi connectivity index (χ4n) is 1.11. The van der Waals surface area contributed by atoms with E-state index in [1.807, 2.05) is 0 Å². The molecular formula is C6H8F3NO3. The predicted molar refractivity (Wildman–Crippen MR) is 34.6 cm³/mol. The molecule has 0 radical (unpaired) electrons. The number of carbonyl (C=O) groups excluding carboxylic acids is 1. The van der Waals surface area contributed by atoms with Crippen molar-refractivity contribution in [3.8, 4) is 0 Å². The van der Waals surface area contributed by atoms with Gasteiger partial charge in [-0.05, 0) is 0 Å². The summed E-state index contributed by atoms with van der Waals surface area (Å²) in [7, 11) is 0. The molecule has 2 N–H and O–H groups in total. The molecule has 0 bridgehead atoms. The Labute approximate surface area is 71.6 Å². The van der Waals surface area contributed by atoms with E-state index in [9.17, 15) is 18.0 Å². The number of aliphatic hydroxyl groups is 2. The molecule has 0 aromatic carbocycles. The molecule has 0 saturated carbocycles. The number of β-amino-alcohol motifs (C(OH)–C–C–N with tert-alkyl or cyclic N) is 2. The molecule has 0 aromatic rings. The van der Waals surface area contributed by atoms with E-state index >= 15 is 0 Å². The number of aliphatic hydroxyl groups excluding tert-OH is 2. The number of alkyl halides is 3. The highest BCUT2D eigenvalue weighted by molar-refractivity contribution is 5.82. The Bertz CT molecular complexity index is 208. The molecule has 2 unspecified atom stereocenters. The molecule has 4 nitrogen and oxygen atoms in total. The van der Waals surface area contributed by atoms with Gasteiger partial charge in [-0.25, -0.2) is 0 Å². The normalized spacial score (nSPS) is 29.5. The molecule has 1 aliphatic heterocycles. The number of amides is 1. The van der Waals surface area contributed by atoms with E-state index in [0.717, 1.165) is 0 Å². The fourth-order valence-corrected chi connectivity index (χ4v) is 1.11. The molecule has 1 fully saturated rings. The van der Waals surface area contributed by atoms with Crippen LogP contribution in [0.25, 0.3) is 0 Å². The largest absolute Gasteiger partial charge is 0.471 e.